The monoisotopic (exact) mass is 470 g/mol. The largest absolute Gasteiger partial charge is 0.378 e. The van der Waals surface area contributed by atoms with Crippen molar-refractivity contribution in [3.63, 3.8) is 0 Å². The molecule has 1 aromatic rings. The van der Waals surface area contributed by atoms with E-state index in [0.717, 1.165) is 44.3 Å². The van der Waals surface area contributed by atoms with Crippen LogP contribution in [0.5, 0.6) is 0 Å². The Kier molecular flexibility index (Phi) is 17.8. The average molecular weight is 471 g/mol. The maximum absolute atomic E-state index is 14.2. The molecular weight excluding hydrogens is 427 g/mol. The topological polar surface area (TPSA) is 110 Å². The predicted octanol–water partition coefficient (Wildman–Crippen LogP) is 1.40. The smallest absolute Gasteiger partial charge is 0.145 e. The highest BCUT2D eigenvalue weighted by Crippen LogP contribution is 2.09. The van der Waals surface area contributed by atoms with Gasteiger partial charge >= 0.3 is 0 Å². The molecule has 0 bridgehead atoms. The standard InChI is InChI=1S/C23H43FN6O3/c1-3-20(2)23(32)27-13-9-5-8-12-25-17-30(24)18-29-22(21-10-6-4-7-11-21)28-16-26-19-33-15-14-31/h4,6-7,10-11,14,20,22-23,25-29,32H,3,5,8-9,12-13,15-19H2,1-2H3. The molecule has 10 heteroatoms. The summed E-state index contributed by atoms with van der Waals surface area (Å²) in [5.41, 5.74) is 0.988. The highest BCUT2D eigenvalue weighted by atomic mass is 19.2. The number of aliphatic hydroxyl groups is 1. The number of halogens is 1. The van der Waals surface area contributed by atoms with Crippen molar-refractivity contribution in [2.24, 2.45) is 5.92 Å². The molecule has 6 N–H and O–H groups in total. The van der Waals surface area contributed by atoms with Crippen molar-refractivity contribution in [1.82, 2.24) is 31.7 Å². The van der Waals surface area contributed by atoms with Gasteiger partial charge in [-0.15, -0.1) is 9.60 Å². The van der Waals surface area contributed by atoms with Gasteiger partial charge in [0.2, 0.25) is 0 Å². The first-order chi connectivity index (χ1) is 16.1. The van der Waals surface area contributed by atoms with Gasteiger partial charge in [0.25, 0.3) is 0 Å². The van der Waals surface area contributed by atoms with E-state index in [4.69, 9.17) is 4.74 Å². The van der Waals surface area contributed by atoms with Crippen LogP contribution in [0.2, 0.25) is 0 Å². The summed E-state index contributed by atoms with van der Waals surface area (Å²) in [6.45, 7) is 6.54. The maximum Gasteiger partial charge on any atom is 0.145 e. The van der Waals surface area contributed by atoms with Crippen LogP contribution in [0, 0.1) is 5.92 Å². The molecule has 3 unspecified atom stereocenters. The summed E-state index contributed by atoms with van der Waals surface area (Å²) in [6, 6.07) is 9.72. The first-order valence-corrected chi connectivity index (χ1v) is 11.8. The van der Waals surface area contributed by atoms with Gasteiger partial charge in [-0.2, -0.15) is 0 Å². The van der Waals surface area contributed by atoms with Crippen molar-refractivity contribution >= 4 is 6.29 Å². The molecule has 33 heavy (non-hydrogen) atoms. The molecule has 0 radical (unpaired) electrons. The Labute approximate surface area is 197 Å². The highest BCUT2D eigenvalue weighted by molar-refractivity contribution is 5.50. The second kappa shape index (κ2) is 19.9. The Morgan fingerprint density at radius 1 is 1.06 bits per heavy atom. The zero-order valence-electron chi connectivity index (χ0n) is 20.1. The number of hydrogen-bond donors (Lipinski definition) is 6. The van der Waals surface area contributed by atoms with E-state index >= 15 is 0 Å². The minimum atomic E-state index is -0.443. The molecule has 1 aromatic carbocycles. The van der Waals surface area contributed by atoms with Gasteiger partial charge < -0.3 is 20.0 Å². The minimum absolute atomic E-state index is 0.0510. The first-order valence-electron chi connectivity index (χ1n) is 11.8. The van der Waals surface area contributed by atoms with Gasteiger partial charge in [0.1, 0.15) is 19.1 Å². The third-order valence-corrected chi connectivity index (χ3v) is 5.27. The minimum Gasteiger partial charge on any atom is -0.378 e. The Balaban J connectivity index is 2.17. The van der Waals surface area contributed by atoms with Gasteiger partial charge in [0.05, 0.1) is 26.2 Å². The number of unbranched alkanes of at least 4 members (excludes halogenated alkanes) is 2. The zero-order chi connectivity index (χ0) is 24.2. The third kappa shape index (κ3) is 15.1. The Hall–Kier alpha value is -1.50. The summed E-state index contributed by atoms with van der Waals surface area (Å²) in [6.07, 6.45) is 3.90. The average Bonchev–Trinajstić information content (AvgIpc) is 2.84. The second-order valence-electron chi connectivity index (χ2n) is 7.98. The van der Waals surface area contributed by atoms with E-state index in [0.29, 0.717) is 18.1 Å². The van der Waals surface area contributed by atoms with E-state index in [9.17, 15) is 14.4 Å². The molecule has 0 saturated heterocycles. The molecule has 0 aliphatic rings. The summed E-state index contributed by atoms with van der Waals surface area (Å²) in [7, 11) is 0. The van der Waals surface area contributed by atoms with Crippen molar-refractivity contribution in [2.45, 2.75) is 51.9 Å². The number of nitrogens with one attached hydrogen (secondary N) is 5. The lowest BCUT2D eigenvalue weighted by atomic mass is 10.1. The van der Waals surface area contributed by atoms with E-state index in [2.05, 4.69) is 33.5 Å². The lowest BCUT2D eigenvalue weighted by Gasteiger charge is -2.23. The predicted molar refractivity (Wildman–Crippen MR) is 128 cm³/mol. The number of rotatable bonds is 22. The van der Waals surface area contributed by atoms with Gasteiger partial charge in [-0.3, -0.25) is 21.3 Å². The second-order valence-corrected chi connectivity index (χ2v) is 7.98. The quantitative estimate of drug-likeness (QED) is 0.0648. The number of aldehydes is 1. The van der Waals surface area contributed by atoms with Crippen molar-refractivity contribution in [2.75, 3.05) is 46.4 Å². The molecule has 0 amide bonds. The molecule has 0 aliphatic carbocycles. The normalized spacial score (nSPS) is 14.3. The van der Waals surface area contributed by atoms with Crippen molar-refractivity contribution < 1.29 is 19.1 Å². The van der Waals surface area contributed by atoms with E-state index in [1.54, 1.807) is 0 Å². The van der Waals surface area contributed by atoms with Crippen molar-refractivity contribution in [3.8, 4) is 0 Å². The molecule has 9 nitrogen and oxygen atoms in total. The number of aliphatic hydroxyl groups excluding tert-OH is 1. The molecule has 0 fully saturated rings. The van der Waals surface area contributed by atoms with Gasteiger partial charge in [0.15, 0.2) is 0 Å². The number of nitrogens with zero attached hydrogens (tertiary/aromatic N) is 1. The lowest BCUT2D eigenvalue weighted by molar-refractivity contribution is -0.112. The van der Waals surface area contributed by atoms with Crippen LogP contribution in [-0.4, -0.2) is 69.2 Å². The number of benzene rings is 1. The van der Waals surface area contributed by atoms with Crippen molar-refractivity contribution in [3.05, 3.63) is 35.9 Å². The van der Waals surface area contributed by atoms with Crippen LogP contribution >= 0.6 is 0 Å². The molecule has 0 spiro atoms. The van der Waals surface area contributed by atoms with Crippen LogP contribution in [0.25, 0.3) is 0 Å². The number of ether oxygens (including phenoxy) is 1. The molecule has 0 saturated carbocycles. The Bertz CT molecular complexity index is 587. The lowest BCUT2D eigenvalue weighted by Crippen LogP contribution is -2.44. The SMILES string of the molecule is CCC(C)C(O)NCCCCCNCN(F)CNC(NCNCOCC=O)c1ccccc1. The number of hydrogen-bond acceptors (Lipinski definition) is 9. The summed E-state index contributed by atoms with van der Waals surface area (Å²) >= 11 is 0. The molecule has 190 valence electrons. The van der Waals surface area contributed by atoms with Crippen molar-refractivity contribution in [1.29, 1.82) is 0 Å². The first kappa shape index (κ1) is 29.5. The van der Waals surface area contributed by atoms with Gasteiger partial charge in [-0.05, 0) is 43.8 Å². The fourth-order valence-corrected chi connectivity index (χ4v) is 3.03. The van der Waals surface area contributed by atoms with Gasteiger partial charge in [0, 0.05) is 6.67 Å². The number of carbonyl (C=O) groups is 1. The number of carbonyl (C=O) groups excluding carboxylic acids is 1. The summed E-state index contributed by atoms with van der Waals surface area (Å²) in [4.78, 5) is 10.3. The van der Waals surface area contributed by atoms with Gasteiger partial charge in [-0.25, -0.2) is 0 Å². The van der Waals surface area contributed by atoms with Crippen LogP contribution in [-0.2, 0) is 9.53 Å². The molecule has 0 aliphatic heterocycles. The zero-order valence-corrected chi connectivity index (χ0v) is 20.1. The van der Waals surface area contributed by atoms with E-state index in [1.807, 2.05) is 37.3 Å². The fraction of sp³-hybridized carbons (Fsp3) is 0.696. The van der Waals surface area contributed by atoms with E-state index in [-0.39, 0.29) is 38.8 Å². The van der Waals surface area contributed by atoms with Crippen LogP contribution in [0.3, 0.4) is 0 Å². The van der Waals surface area contributed by atoms with Gasteiger partial charge in [-0.1, -0.05) is 50.6 Å². The third-order valence-electron chi connectivity index (χ3n) is 5.27. The van der Waals surface area contributed by atoms with Crippen LogP contribution in [0.1, 0.15) is 51.3 Å². The summed E-state index contributed by atoms with van der Waals surface area (Å²) in [5, 5.41) is 26.2. The molecule has 0 aromatic heterocycles. The molecule has 1 rings (SSSR count). The Morgan fingerprint density at radius 3 is 2.55 bits per heavy atom. The summed E-state index contributed by atoms with van der Waals surface area (Å²) in [5.74, 6) is 0.256. The van der Waals surface area contributed by atoms with E-state index < -0.39 is 6.23 Å². The van der Waals surface area contributed by atoms with Crippen LogP contribution in [0.4, 0.5) is 4.48 Å². The molecule has 3 atom stereocenters. The Morgan fingerprint density at radius 2 is 1.82 bits per heavy atom. The highest BCUT2D eigenvalue weighted by Gasteiger charge is 2.12. The van der Waals surface area contributed by atoms with E-state index in [1.165, 1.54) is 0 Å². The van der Waals surface area contributed by atoms with Crippen LogP contribution < -0.4 is 26.6 Å². The van der Waals surface area contributed by atoms with Crippen LogP contribution in [0.15, 0.2) is 30.3 Å². The molecular formula is C23H43FN6O3. The fourth-order valence-electron chi connectivity index (χ4n) is 3.03. The maximum atomic E-state index is 14.2. The summed E-state index contributed by atoms with van der Waals surface area (Å²) < 4.78 is 19.3. The molecule has 0 heterocycles.